The van der Waals surface area contributed by atoms with Gasteiger partial charge in [-0.15, -0.1) is 0 Å². The zero-order valence-electron chi connectivity index (χ0n) is 31.3. The van der Waals surface area contributed by atoms with Crippen LogP contribution in [-0.2, 0) is 41.7 Å². The molecule has 1 aromatic carbocycles. The third-order valence-corrected chi connectivity index (χ3v) is 14.7. The van der Waals surface area contributed by atoms with Gasteiger partial charge in [0.05, 0.1) is 16.8 Å². The molecule has 3 N–H and O–H groups in total. The number of alkyl carbamates (subject to hydrolysis) is 1. The van der Waals surface area contributed by atoms with E-state index in [1.165, 1.54) is 17.9 Å². The number of carbonyl (C=O) groups excluding carboxylic acids is 4. The van der Waals surface area contributed by atoms with Crippen molar-refractivity contribution in [2.24, 2.45) is 5.92 Å². The molecule has 4 amide bonds. The summed E-state index contributed by atoms with van der Waals surface area (Å²) in [5.74, 6) is -3.34. The number of hydrogen-bond donors (Lipinski definition) is 3. The molecule has 3 saturated carbocycles. The number of rotatable bonds is 5. The molecule has 17 heteroatoms. The summed E-state index contributed by atoms with van der Waals surface area (Å²) in [4.78, 5) is 61.4. The monoisotopic (exact) mass is 801 g/mol. The Morgan fingerprint density at radius 2 is 1.79 bits per heavy atom. The number of halogens is 3. The van der Waals surface area contributed by atoms with Crippen LogP contribution in [-0.4, -0.2) is 82.2 Å². The number of amides is 4. The van der Waals surface area contributed by atoms with Crippen LogP contribution in [0, 0.1) is 5.92 Å². The van der Waals surface area contributed by atoms with E-state index >= 15 is 0 Å². The summed E-state index contributed by atoms with van der Waals surface area (Å²) < 4.78 is 83.2. The minimum atomic E-state index is -4.89. The average molecular weight is 802 g/mol. The van der Waals surface area contributed by atoms with Crippen molar-refractivity contribution >= 4 is 44.7 Å². The van der Waals surface area contributed by atoms with Crippen molar-refractivity contribution < 1.29 is 50.2 Å². The molecule has 0 unspecified atom stereocenters. The molecule has 56 heavy (non-hydrogen) atoms. The van der Waals surface area contributed by atoms with E-state index in [-0.39, 0.29) is 44.2 Å². The number of aromatic nitrogens is 1. The Hall–Kier alpha value is -4.41. The van der Waals surface area contributed by atoms with Crippen LogP contribution in [0.4, 0.5) is 18.0 Å². The third kappa shape index (κ3) is 7.08. The molecule has 0 bridgehead atoms. The largest absolute Gasteiger partial charge is 0.483 e. The van der Waals surface area contributed by atoms with Gasteiger partial charge in [-0.05, 0) is 84.1 Å². The topological polar surface area (TPSA) is 173 Å². The van der Waals surface area contributed by atoms with Crippen LogP contribution >= 0.6 is 0 Å². The lowest BCUT2D eigenvalue weighted by Gasteiger charge is -2.37. The highest BCUT2D eigenvalue weighted by Gasteiger charge is 2.64. The van der Waals surface area contributed by atoms with Gasteiger partial charge in [0.2, 0.25) is 21.8 Å². The number of hydrogen-bond acceptors (Lipinski definition) is 9. The first-order valence-corrected chi connectivity index (χ1v) is 20.9. The van der Waals surface area contributed by atoms with E-state index in [1.807, 2.05) is 6.08 Å². The minimum Gasteiger partial charge on any atom is -0.483 e. The number of pyridine rings is 1. The van der Waals surface area contributed by atoms with Crippen LogP contribution in [0.5, 0.6) is 5.75 Å². The van der Waals surface area contributed by atoms with Crippen LogP contribution < -0.4 is 20.1 Å². The molecule has 1 aromatic heterocycles. The fourth-order valence-corrected chi connectivity index (χ4v) is 9.66. The van der Waals surface area contributed by atoms with Gasteiger partial charge in [0.1, 0.15) is 28.8 Å². The molecule has 1 saturated heterocycles. The predicted octanol–water partition coefficient (Wildman–Crippen LogP) is 4.96. The van der Waals surface area contributed by atoms with E-state index in [4.69, 9.17) is 9.47 Å². The number of benzene rings is 1. The summed E-state index contributed by atoms with van der Waals surface area (Å²) in [6.45, 7) is 3.02. The van der Waals surface area contributed by atoms with Crippen molar-refractivity contribution in [1.29, 1.82) is 0 Å². The maximum absolute atomic E-state index is 14.7. The van der Waals surface area contributed by atoms with Gasteiger partial charge in [0, 0.05) is 23.3 Å². The number of allylic oxidation sites excluding steroid dienone is 1. The van der Waals surface area contributed by atoms with Gasteiger partial charge >= 0.3 is 12.3 Å². The molecule has 8 rings (SSSR count). The second-order valence-electron chi connectivity index (χ2n) is 17.0. The Kier molecular flexibility index (Phi) is 9.16. The van der Waals surface area contributed by atoms with E-state index in [1.54, 1.807) is 31.2 Å². The normalized spacial score (nSPS) is 31.3. The number of nitrogens with zero attached hydrogens (tertiary/aromatic N) is 2. The van der Waals surface area contributed by atoms with E-state index < -0.39 is 90.9 Å². The van der Waals surface area contributed by atoms with Crippen molar-refractivity contribution in [3.8, 4) is 5.75 Å². The molecule has 4 heterocycles. The number of para-hydroxylation sites is 1. The Balaban J connectivity index is 1.15. The van der Waals surface area contributed by atoms with Crippen LogP contribution in [0.1, 0.15) is 102 Å². The summed E-state index contributed by atoms with van der Waals surface area (Å²) in [5.41, 5.74) is -4.51. The Labute approximate surface area is 322 Å². The van der Waals surface area contributed by atoms with Gasteiger partial charge in [0.25, 0.3) is 5.91 Å². The van der Waals surface area contributed by atoms with Crippen molar-refractivity contribution in [2.45, 2.75) is 137 Å². The molecular weight excluding hydrogens is 756 g/mol. The second-order valence-corrected chi connectivity index (χ2v) is 19.2. The highest BCUT2D eigenvalue weighted by Crippen LogP contribution is 2.50. The summed E-state index contributed by atoms with van der Waals surface area (Å²) in [5, 5.41) is 5.99. The van der Waals surface area contributed by atoms with Crippen molar-refractivity contribution in [2.75, 3.05) is 6.54 Å². The van der Waals surface area contributed by atoms with E-state index in [0.717, 1.165) is 6.42 Å². The van der Waals surface area contributed by atoms with Gasteiger partial charge < -0.3 is 25.0 Å². The summed E-state index contributed by atoms with van der Waals surface area (Å²) in [6, 6.07) is 3.96. The van der Waals surface area contributed by atoms with Crippen LogP contribution in [0.2, 0.25) is 0 Å². The number of nitrogens with one attached hydrogen (secondary N) is 3. The number of carbonyl (C=O) groups is 4. The van der Waals surface area contributed by atoms with Crippen molar-refractivity contribution in [3.05, 3.63) is 47.7 Å². The zero-order valence-corrected chi connectivity index (χ0v) is 32.1. The van der Waals surface area contributed by atoms with Crippen molar-refractivity contribution in [3.63, 3.8) is 0 Å². The van der Waals surface area contributed by atoms with Crippen LogP contribution in [0.3, 0.4) is 0 Å². The maximum atomic E-state index is 14.7. The molecule has 6 aliphatic rings. The molecule has 5 atom stereocenters. The fourth-order valence-electron chi connectivity index (χ4n) is 8.35. The summed E-state index contributed by atoms with van der Waals surface area (Å²) in [7, 11) is -4.08. The lowest BCUT2D eigenvalue weighted by atomic mass is 9.87. The SMILES string of the molecule is CC1(OC(=O)N[C@H]2CCCCC/C=C\[C@@H]3C[C@@]3(C(=O)NS(=O)(=O)C3(C)CC3)NC(=O)[C@@H]3C[C@]4(CCc5c(c(C(F)(F)F)nc6ccccc56)O4)CN3C2=O)CC1. The third-order valence-electron chi connectivity index (χ3n) is 12.6. The van der Waals surface area contributed by atoms with Gasteiger partial charge in [0.15, 0.2) is 11.4 Å². The smallest absolute Gasteiger partial charge is 0.437 e. The standard InChI is InChI=1S/C39H46F3N5O8S/c1-35(16-17-35)55-34(51)44-27-13-7-5-3-4-6-10-23-20-38(23,33(50)46-56(52,53)36(2)18-19-36)45-31(48)28-21-37(22-47(28)32(27)49)15-14-25-24-11-8-9-12-26(24)43-30(29(25)54-37)39(40,41)42/h6,8-12,23,27-28H,3-5,7,13-22H2,1-2H3,(H,44,51)(H,45,48)(H,46,50)/b10-6-/t23-,27+,28+,37-,38-/m1/s1. The highest BCUT2D eigenvalue weighted by atomic mass is 32.2. The van der Waals surface area contributed by atoms with Gasteiger partial charge in [-0.1, -0.05) is 43.2 Å². The summed E-state index contributed by atoms with van der Waals surface area (Å²) >= 11 is 0. The van der Waals surface area contributed by atoms with Crippen LogP contribution in [0.15, 0.2) is 36.4 Å². The van der Waals surface area contributed by atoms with Crippen LogP contribution in [0.25, 0.3) is 10.9 Å². The average Bonchev–Trinajstić information content (AvgIpc) is 4.10. The molecule has 4 fully saturated rings. The lowest BCUT2D eigenvalue weighted by molar-refractivity contribution is -0.144. The quantitative estimate of drug-likeness (QED) is 0.354. The first-order valence-electron chi connectivity index (χ1n) is 19.4. The van der Waals surface area contributed by atoms with Crippen molar-refractivity contribution in [1.82, 2.24) is 25.2 Å². The first-order chi connectivity index (χ1) is 26.4. The van der Waals surface area contributed by atoms with E-state index in [0.29, 0.717) is 55.9 Å². The van der Waals surface area contributed by atoms with Gasteiger partial charge in [-0.2, -0.15) is 13.2 Å². The molecule has 13 nitrogen and oxygen atoms in total. The Bertz CT molecular complexity index is 2140. The van der Waals surface area contributed by atoms with E-state index in [2.05, 4.69) is 20.3 Å². The predicted molar refractivity (Wildman–Crippen MR) is 195 cm³/mol. The maximum Gasteiger partial charge on any atom is 0.437 e. The Morgan fingerprint density at radius 3 is 2.50 bits per heavy atom. The number of aryl methyl sites for hydroxylation is 1. The second kappa shape index (κ2) is 13.3. The Morgan fingerprint density at radius 1 is 1.04 bits per heavy atom. The number of fused-ring (bicyclic) bond motifs is 5. The highest BCUT2D eigenvalue weighted by molar-refractivity contribution is 7.91. The molecule has 3 aliphatic carbocycles. The van der Waals surface area contributed by atoms with Gasteiger partial charge in [-0.25, -0.2) is 18.2 Å². The minimum absolute atomic E-state index is 0.103. The molecular formula is C39H46F3N5O8S. The molecule has 0 radical (unpaired) electrons. The molecule has 3 aliphatic heterocycles. The van der Waals surface area contributed by atoms with Gasteiger partial charge in [-0.3, -0.25) is 19.1 Å². The number of sulfonamides is 1. The molecule has 2 aromatic rings. The number of ether oxygens (including phenoxy) is 2. The molecule has 302 valence electrons. The lowest BCUT2D eigenvalue weighted by Crippen LogP contribution is -2.58. The fraction of sp³-hybridized carbons (Fsp3) is 0.615. The zero-order chi connectivity index (χ0) is 39.9. The summed E-state index contributed by atoms with van der Waals surface area (Å²) in [6.07, 6.45) is 3.00. The number of alkyl halides is 3. The molecule has 1 spiro atoms. The van der Waals surface area contributed by atoms with E-state index in [9.17, 15) is 40.8 Å². The first kappa shape index (κ1) is 38.5.